The molecular weight excluding hydrogens is 302 g/mol. The first-order chi connectivity index (χ1) is 10.6. The highest BCUT2D eigenvalue weighted by atomic mass is 35.5. The van der Waals surface area contributed by atoms with Gasteiger partial charge < -0.3 is 15.2 Å². The van der Waals surface area contributed by atoms with Gasteiger partial charge in [0.2, 0.25) is 0 Å². The lowest BCUT2D eigenvalue weighted by atomic mass is 10.2. The number of halogens is 1. The highest BCUT2D eigenvalue weighted by Gasteiger charge is 2.00. The molecule has 0 unspecified atom stereocenters. The number of phenolic OH excluding ortho intramolecular Hbond substituents is 1. The lowest BCUT2D eigenvalue weighted by molar-refractivity contribution is 0.141. The third kappa shape index (κ3) is 5.14. The molecule has 0 aliphatic rings. The molecule has 1 amide bonds. The molecule has 0 spiro atoms. The Hall–Kier alpha value is -2.46. The fourth-order valence-electron chi connectivity index (χ4n) is 1.74. The van der Waals surface area contributed by atoms with Gasteiger partial charge in [-0.1, -0.05) is 60.2 Å². The summed E-state index contributed by atoms with van der Waals surface area (Å²) < 4.78 is 5.07. The molecule has 0 atom stereocenters. The molecule has 0 aliphatic carbocycles. The molecule has 4 nitrogen and oxygen atoms in total. The lowest BCUT2D eigenvalue weighted by Gasteiger charge is -2.05. The highest BCUT2D eigenvalue weighted by molar-refractivity contribution is 6.32. The highest BCUT2D eigenvalue weighted by Crippen LogP contribution is 2.24. The number of hydrogen-bond donors (Lipinski definition) is 2. The van der Waals surface area contributed by atoms with Crippen molar-refractivity contribution < 1.29 is 14.6 Å². The first kappa shape index (κ1) is 15.9. The fourth-order valence-corrected chi connectivity index (χ4v) is 1.86. The Balaban J connectivity index is 1.72. The number of alkyl carbamates (subject to hydrolysis) is 1. The molecule has 0 aromatic heterocycles. The van der Waals surface area contributed by atoms with Gasteiger partial charge in [-0.3, -0.25) is 0 Å². The van der Waals surface area contributed by atoms with Crippen molar-refractivity contribution in [2.24, 2.45) is 0 Å². The van der Waals surface area contributed by atoms with Crippen LogP contribution in [0.2, 0.25) is 5.02 Å². The zero-order valence-electron chi connectivity index (χ0n) is 11.8. The number of hydrogen-bond acceptors (Lipinski definition) is 3. The van der Waals surface area contributed by atoms with Crippen molar-refractivity contribution in [3.63, 3.8) is 0 Å². The van der Waals surface area contributed by atoms with E-state index < -0.39 is 6.09 Å². The van der Waals surface area contributed by atoms with Gasteiger partial charge in [0.05, 0.1) is 5.02 Å². The predicted octanol–water partition coefficient (Wildman–Crippen LogP) is 3.99. The Labute approximate surface area is 134 Å². The molecule has 0 radical (unpaired) electrons. The van der Waals surface area contributed by atoms with Crippen LogP contribution in [0.3, 0.4) is 0 Å². The number of aromatic hydroxyl groups is 1. The van der Waals surface area contributed by atoms with Crippen molar-refractivity contribution in [3.05, 3.63) is 70.8 Å². The second-order valence-electron chi connectivity index (χ2n) is 4.56. The van der Waals surface area contributed by atoms with E-state index in [2.05, 4.69) is 5.32 Å². The van der Waals surface area contributed by atoms with Crippen molar-refractivity contribution in [2.45, 2.75) is 6.61 Å². The molecule has 0 bridgehead atoms. The van der Waals surface area contributed by atoms with Gasteiger partial charge in [-0.05, 0) is 23.3 Å². The van der Waals surface area contributed by atoms with E-state index in [1.54, 1.807) is 30.4 Å². The normalized spacial score (nSPS) is 10.6. The van der Waals surface area contributed by atoms with Crippen molar-refractivity contribution in [1.29, 1.82) is 0 Å². The second-order valence-corrected chi connectivity index (χ2v) is 4.96. The van der Waals surface area contributed by atoms with Gasteiger partial charge in [0.1, 0.15) is 12.4 Å². The van der Waals surface area contributed by atoms with Gasteiger partial charge in [0.15, 0.2) is 0 Å². The van der Waals surface area contributed by atoms with Crippen LogP contribution in [0.1, 0.15) is 11.1 Å². The summed E-state index contributed by atoms with van der Waals surface area (Å²) in [6, 6.07) is 14.4. The Morgan fingerprint density at radius 3 is 2.73 bits per heavy atom. The molecule has 0 saturated heterocycles. The van der Waals surface area contributed by atoms with E-state index in [4.69, 9.17) is 16.3 Å². The van der Waals surface area contributed by atoms with Crippen LogP contribution in [0, 0.1) is 0 Å². The number of phenols is 1. The summed E-state index contributed by atoms with van der Waals surface area (Å²) in [4.78, 5) is 11.5. The van der Waals surface area contributed by atoms with Crippen LogP contribution >= 0.6 is 11.6 Å². The molecule has 0 fully saturated rings. The molecule has 0 aliphatic heterocycles. The van der Waals surface area contributed by atoms with Crippen molar-refractivity contribution in [1.82, 2.24) is 5.32 Å². The third-order valence-electron chi connectivity index (χ3n) is 2.86. The number of carbonyl (C=O) groups excluding carboxylic acids is 1. The summed E-state index contributed by atoms with van der Waals surface area (Å²) in [6.07, 6.45) is 3.05. The van der Waals surface area contributed by atoms with Crippen LogP contribution in [0.15, 0.2) is 54.6 Å². The molecule has 0 saturated carbocycles. The van der Waals surface area contributed by atoms with E-state index in [-0.39, 0.29) is 12.4 Å². The smallest absolute Gasteiger partial charge is 0.407 e. The quantitative estimate of drug-likeness (QED) is 0.876. The number of rotatable bonds is 5. The first-order valence-electron chi connectivity index (χ1n) is 6.75. The van der Waals surface area contributed by atoms with E-state index in [1.807, 2.05) is 30.3 Å². The average molecular weight is 318 g/mol. The maximum atomic E-state index is 11.5. The Morgan fingerprint density at radius 1 is 1.23 bits per heavy atom. The molecule has 0 heterocycles. The van der Waals surface area contributed by atoms with Gasteiger partial charge in [0.25, 0.3) is 0 Å². The standard InChI is InChI=1S/C17H16ClNO3/c18-15-9-8-13(11-16(15)20)7-4-10-19-17(21)22-12-14-5-2-1-3-6-14/h1-9,11,20H,10,12H2,(H,19,21). The zero-order chi connectivity index (χ0) is 15.8. The van der Waals surface area contributed by atoms with E-state index in [0.717, 1.165) is 11.1 Å². The number of ether oxygens (including phenoxy) is 1. The molecule has 22 heavy (non-hydrogen) atoms. The Bertz CT molecular complexity index is 656. The third-order valence-corrected chi connectivity index (χ3v) is 3.18. The summed E-state index contributed by atoms with van der Waals surface area (Å²) in [5.41, 5.74) is 1.73. The zero-order valence-corrected chi connectivity index (χ0v) is 12.6. The van der Waals surface area contributed by atoms with Gasteiger partial charge in [0, 0.05) is 6.54 Å². The van der Waals surface area contributed by atoms with Crippen LogP contribution in [-0.2, 0) is 11.3 Å². The summed E-state index contributed by atoms with van der Waals surface area (Å²) in [7, 11) is 0. The molecule has 114 valence electrons. The maximum absolute atomic E-state index is 11.5. The summed E-state index contributed by atoms with van der Waals surface area (Å²) in [5, 5.41) is 12.4. The maximum Gasteiger partial charge on any atom is 0.407 e. The van der Waals surface area contributed by atoms with Crippen molar-refractivity contribution in [2.75, 3.05) is 6.54 Å². The largest absolute Gasteiger partial charge is 0.506 e. The minimum atomic E-state index is -0.479. The van der Waals surface area contributed by atoms with E-state index in [9.17, 15) is 9.90 Å². The molecular formula is C17H16ClNO3. The number of nitrogens with one attached hydrogen (secondary N) is 1. The van der Waals surface area contributed by atoms with Crippen LogP contribution in [0.4, 0.5) is 4.79 Å². The number of benzene rings is 2. The number of carbonyl (C=O) groups is 1. The molecule has 2 aromatic carbocycles. The minimum Gasteiger partial charge on any atom is -0.506 e. The molecule has 2 rings (SSSR count). The Kier molecular flexibility index (Phi) is 5.86. The van der Waals surface area contributed by atoms with Gasteiger partial charge >= 0.3 is 6.09 Å². The van der Waals surface area contributed by atoms with Crippen LogP contribution in [0.25, 0.3) is 6.08 Å². The molecule has 2 N–H and O–H groups in total. The van der Waals surface area contributed by atoms with Crippen LogP contribution < -0.4 is 5.32 Å². The van der Waals surface area contributed by atoms with Gasteiger partial charge in [-0.25, -0.2) is 4.79 Å². The van der Waals surface area contributed by atoms with Gasteiger partial charge in [-0.15, -0.1) is 0 Å². The molecule has 5 heteroatoms. The van der Waals surface area contributed by atoms with Gasteiger partial charge in [-0.2, -0.15) is 0 Å². The topological polar surface area (TPSA) is 58.6 Å². The fraction of sp³-hybridized carbons (Fsp3) is 0.118. The van der Waals surface area contributed by atoms with E-state index in [1.165, 1.54) is 0 Å². The summed E-state index contributed by atoms with van der Waals surface area (Å²) in [6.45, 7) is 0.568. The SMILES string of the molecule is O=C(NCC=Cc1ccc(Cl)c(O)c1)OCc1ccccc1. The van der Waals surface area contributed by atoms with Crippen molar-refractivity contribution >= 4 is 23.8 Å². The van der Waals surface area contributed by atoms with Crippen LogP contribution in [-0.4, -0.2) is 17.7 Å². The van der Waals surface area contributed by atoms with E-state index >= 15 is 0 Å². The molecule has 2 aromatic rings. The minimum absolute atomic E-state index is 0.0269. The summed E-state index contributed by atoms with van der Waals surface area (Å²) >= 11 is 5.72. The first-order valence-corrected chi connectivity index (χ1v) is 7.12. The van der Waals surface area contributed by atoms with Crippen molar-refractivity contribution in [3.8, 4) is 5.75 Å². The predicted molar refractivity (Wildman–Crippen MR) is 86.8 cm³/mol. The average Bonchev–Trinajstić information content (AvgIpc) is 2.54. The Morgan fingerprint density at radius 2 is 2.00 bits per heavy atom. The second kappa shape index (κ2) is 8.10. The van der Waals surface area contributed by atoms with E-state index in [0.29, 0.717) is 11.6 Å². The lowest BCUT2D eigenvalue weighted by Crippen LogP contribution is -2.24. The monoisotopic (exact) mass is 317 g/mol. The number of amides is 1. The van der Waals surface area contributed by atoms with Crippen LogP contribution in [0.5, 0.6) is 5.75 Å². The summed E-state index contributed by atoms with van der Waals surface area (Å²) in [5.74, 6) is 0.0269.